The van der Waals surface area contributed by atoms with Crippen LogP contribution in [0.25, 0.3) is 11.8 Å². The Hall–Kier alpha value is -3.45. The van der Waals surface area contributed by atoms with Gasteiger partial charge in [-0.05, 0) is 74.6 Å². The van der Waals surface area contributed by atoms with Crippen molar-refractivity contribution in [2.45, 2.75) is 57.2 Å². The summed E-state index contributed by atoms with van der Waals surface area (Å²) in [6.07, 6.45) is 7.97. The van der Waals surface area contributed by atoms with Crippen LogP contribution < -0.4 is 4.74 Å². The van der Waals surface area contributed by atoms with Crippen molar-refractivity contribution in [3.63, 3.8) is 0 Å². The van der Waals surface area contributed by atoms with E-state index < -0.39 is 5.60 Å². The van der Waals surface area contributed by atoms with Gasteiger partial charge in [0.25, 0.3) is 5.91 Å². The first kappa shape index (κ1) is 23.3. The highest BCUT2D eigenvalue weighted by atomic mass is 19.1. The van der Waals surface area contributed by atoms with E-state index in [0.29, 0.717) is 25.0 Å². The van der Waals surface area contributed by atoms with Crippen molar-refractivity contribution in [3.05, 3.63) is 83.2 Å². The van der Waals surface area contributed by atoms with E-state index in [1.165, 1.54) is 12.1 Å². The molecule has 0 saturated carbocycles. The third-order valence-electron chi connectivity index (χ3n) is 7.08. The van der Waals surface area contributed by atoms with Gasteiger partial charge in [-0.3, -0.25) is 4.79 Å². The standard InChI is InChI=1S/C28H30FN3O3/c1-18-16-31(17-30-18)24-11-4-19(13-26(24)35-3)12-21-7-10-23-14-28(2,34)15-25(32(23)27(21)33)20-5-8-22(29)9-6-20/h4-6,8-9,11-13,16-17,23,25,34H,7,10,14-15H2,1-3H3/b21-12+/t23-,25+,28-/m1/s1. The molecule has 7 heteroatoms. The number of nitrogens with zero attached hydrogens (tertiary/aromatic N) is 3. The van der Waals surface area contributed by atoms with Crippen LogP contribution in [0.1, 0.15) is 55.5 Å². The number of aromatic nitrogens is 2. The highest BCUT2D eigenvalue weighted by Crippen LogP contribution is 2.44. The molecular formula is C28H30FN3O3. The van der Waals surface area contributed by atoms with Crippen molar-refractivity contribution in [1.82, 2.24) is 14.5 Å². The Morgan fingerprint density at radius 2 is 1.97 bits per heavy atom. The minimum Gasteiger partial charge on any atom is -0.495 e. The zero-order valence-electron chi connectivity index (χ0n) is 20.2. The number of aryl methyl sites for hydroxylation is 1. The number of halogens is 1. The molecule has 1 aromatic heterocycles. The molecule has 2 aromatic carbocycles. The molecule has 0 bridgehead atoms. The summed E-state index contributed by atoms with van der Waals surface area (Å²) < 4.78 is 21.1. The van der Waals surface area contributed by atoms with Gasteiger partial charge in [0.2, 0.25) is 0 Å². The van der Waals surface area contributed by atoms with Crippen LogP contribution in [-0.2, 0) is 4.79 Å². The monoisotopic (exact) mass is 475 g/mol. The van der Waals surface area contributed by atoms with Crippen LogP contribution in [0.15, 0.2) is 60.6 Å². The lowest BCUT2D eigenvalue weighted by atomic mass is 9.77. The topological polar surface area (TPSA) is 67.6 Å². The van der Waals surface area contributed by atoms with Crippen molar-refractivity contribution >= 4 is 12.0 Å². The second-order valence-corrected chi connectivity index (χ2v) is 9.90. The minimum absolute atomic E-state index is 0.0284. The Morgan fingerprint density at radius 3 is 2.66 bits per heavy atom. The van der Waals surface area contributed by atoms with Gasteiger partial charge >= 0.3 is 0 Å². The Morgan fingerprint density at radius 1 is 1.20 bits per heavy atom. The van der Waals surface area contributed by atoms with Gasteiger partial charge in [0.15, 0.2) is 0 Å². The molecule has 0 spiro atoms. The van der Waals surface area contributed by atoms with E-state index in [0.717, 1.165) is 34.5 Å². The fourth-order valence-corrected chi connectivity index (χ4v) is 5.45. The maximum absolute atomic E-state index is 13.7. The molecule has 6 nitrogen and oxygen atoms in total. The van der Waals surface area contributed by atoms with Crippen LogP contribution in [0, 0.1) is 12.7 Å². The van der Waals surface area contributed by atoms with Crippen molar-refractivity contribution in [2.24, 2.45) is 0 Å². The first-order valence-corrected chi connectivity index (χ1v) is 11.9. The number of hydrogen-bond donors (Lipinski definition) is 1. The summed E-state index contributed by atoms with van der Waals surface area (Å²) in [6.45, 7) is 3.76. The number of carbonyl (C=O) groups is 1. The zero-order chi connectivity index (χ0) is 24.7. The van der Waals surface area contributed by atoms with Gasteiger partial charge in [0.05, 0.1) is 36.5 Å². The number of benzene rings is 2. The van der Waals surface area contributed by atoms with Gasteiger partial charge < -0.3 is 19.3 Å². The summed E-state index contributed by atoms with van der Waals surface area (Å²) in [5.41, 5.74) is 3.36. The molecule has 35 heavy (non-hydrogen) atoms. The van der Waals surface area contributed by atoms with Crippen molar-refractivity contribution in [3.8, 4) is 11.4 Å². The zero-order valence-corrected chi connectivity index (χ0v) is 20.2. The van der Waals surface area contributed by atoms with E-state index in [9.17, 15) is 14.3 Å². The maximum Gasteiger partial charge on any atom is 0.250 e. The summed E-state index contributed by atoms with van der Waals surface area (Å²) in [5.74, 6) is 0.345. The molecule has 1 amide bonds. The number of ether oxygens (including phenoxy) is 1. The smallest absolute Gasteiger partial charge is 0.250 e. The molecule has 3 atom stereocenters. The predicted octanol–water partition coefficient (Wildman–Crippen LogP) is 4.99. The fourth-order valence-electron chi connectivity index (χ4n) is 5.45. The highest BCUT2D eigenvalue weighted by molar-refractivity contribution is 5.99. The SMILES string of the molecule is COc1cc(/C=C2\CC[C@@H]3C[C@@](C)(O)C[C@@H](c4ccc(F)cc4)N3C2=O)ccc1-n1cnc(C)c1. The second-order valence-electron chi connectivity index (χ2n) is 9.90. The second kappa shape index (κ2) is 8.96. The molecule has 2 saturated heterocycles. The van der Waals surface area contributed by atoms with Gasteiger partial charge in [-0.15, -0.1) is 0 Å². The third kappa shape index (κ3) is 4.60. The number of aliphatic hydroxyl groups is 1. The summed E-state index contributed by atoms with van der Waals surface area (Å²) in [6, 6.07) is 11.7. The minimum atomic E-state index is -0.878. The number of piperidine rings is 2. The van der Waals surface area contributed by atoms with E-state index in [4.69, 9.17) is 4.74 Å². The molecule has 182 valence electrons. The number of amides is 1. The summed E-state index contributed by atoms with van der Waals surface area (Å²) in [4.78, 5) is 19.9. The molecule has 3 aromatic rings. The summed E-state index contributed by atoms with van der Waals surface area (Å²) in [5, 5.41) is 10.9. The molecule has 0 unspecified atom stereocenters. The molecule has 0 radical (unpaired) electrons. The Balaban J connectivity index is 1.47. The summed E-state index contributed by atoms with van der Waals surface area (Å²) >= 11 is 0. The number of rotatable bonds is 4. The van der Waals surface area contributed by atoms with Gasteiger partial charge in [-0.1, -0.05) is 18.2 Å². The van der Waals surface area contributed by atoms with Crippen molar-refractivity contribution in [2.75, 3.05) is 7.11 Å². The first-order chi connectivity index (χ1) is 16.7. The lowest BCUT2D eigenvalue weighted by molar-refractivity contribution is -0.144. The van der Waals surface area contributed by atoms with Crippen LogP contribution in [0.4, 0.5) is 4.39 Å². The van der Waals surface area contributed by atoms with E-state index in [2.05, 4.69) is 4.98 Å². The molecule has 2 aliphatic rings. The largest absolute Gasteiger partial charge is 0.495 e. The number of carbonyl (C=O) groups excluding carboxylic acids is 1. The van der Waals surface area contributed by atoms with E-state index in [-0.39, 0.29) is 23.8 Å². The molecule has 3 heterocycles. The number of methoxy groups -OCH3 is 1. The van der Waals surface area contributed by atoms with E-state index in [1.807, 2.05) is 53.8 Å². The Labute approximate surface area is 204 Å². The van der Waals surface area contributed by atoms with Gasteiger partial charge in [0.1, 0.15) is 11.6 Å². The quantitative estimate of drug-likeness (QED) is 0.540. The third-order valence-corrected chi connectivity index (χ3v) is 7.08. The molecule has 5 rings (SSSR count). The Bertz CT molecular complexity index is 1280. The van der Waals surface area contributed by atoms with Crippen molar-refractivity contribution < 1.29 is 19.0 Å². The van der Waals surface area contributed by atoms with Crippen LogP contribution in [0.5, 0.6) is 5.75 Å². The first-order valence-electron chi connectivity index (χ1n) is 11.9. The number of hydrogen-bond acceptors (Lipinski definition) is 4. The molecular weight excluding hydrogens is 445 g/mol. The number of imidazole rings is 1. The maximum atomic E-state index is 13.7. The molecule has 0 aliphatic carbocycles. The van der Waals surface area contributed by atoms with Gasteiger partial charge in [0, 0.05) is 24.2 Å². The van der Waals surface area contributed by atoms with E-state index >= 15 is 0 Å². The molecule has 2 fully saturated rings. The van der Waals surface area contributed by atoms with Crippen molar-refractivity contribution in [1.29, 1.82) is 0 Å². The van der Waals surface area contributed by atoms with Crippen LogP contribution in [0.3, 0.4) is 0 Å². The average Bonchev–Trinajstić information content (AvgIpc) is 3.26. The van der Waals surface area contributed by atoms with Crippen LogP contribution in [0.2, 0.25) is 0 Å². The van der Waals surface area contributed by atoms with Crippen LogP contribution >= 0.6 is 0 Å². The lowest BCUT2D eigenvalue weighted by Gasteiger charge is -2.50. The highest BCUT2D eigenvalue weighted by Gasteiger charge is 2.46. The average molecular weight is 476 g/mol. The summed E-state index contributed by atoms with van der Waals surface area (Å²) in [7, 11) is 1.63. The molecule has 2 aliphatic heterocycles. The van der Waals surface area contributed by atoms with Gasteiger partial charge in [-0.2, -0.15) is 0 Å². The number of fused-ring (bicyclic) bond motifs is 1. The fraction of sp³-hybridized carbons (Fsp3) is 0.357. The van der Waals surface area contributed by atoms with Crippen LogP contribution in [-0.4, -0.2) is 44.2 Å². The normalized spacial score (nSPS) is 25.6. The Kier molecular flexibility index (Phi) is 5.97. The van der Waals surface area contributed by atoms with E-state index in [1.54, 1.807) is 25.6 Å². The van der Waals surface area contributed by atoms with Gasteiger partial charge in [-0.25, -0.2) is 9.37 Å². The molecule has 1 N–H and O–H groups in total. The lowest BCUT2D eigenvalue weighted by Crippen LogP contribution is -2.55. The predicted molar refractivity (Wildman–Crippen MR) is 132 cm³/mol.